The summed E-state index contributed by atoms with van der Waals surface area (Å²) < 4.78 is 0. The van der Waals surface area contributed by atoms with E-state index in [4.69, 9.17) is 0 Å². The minimum Gasteiger partial charge on any atom is -0.394 e. The van der Waals surface area contributed by atoms with E-state index in [2.05, 4.69) is 24.5 Å². The molecule has 132 valence electrons. The number of aliphatic hydroxyl groups excluding tert-OH is 1. The summed E-state index contributed by atoms with van der Waals surface area (Å²) in [5.41, 5.74) is -0.164. The first-order valence-corrected chi connectivity index (χ1v) is 8.70. The van der Waals surface area contributed by atoms with Crippen LogP contribution in [0.4, 0.5) is 0 Å². The molecule has 2 N–H and O–H groups in total. The summed E-state index contributed by atoms with van der Waals surface area (Å²) in [6, 6.07) is 17.8. The first-order valence-electron chi connectivity index (χ1n) is 8.70. The van der Waals surface area contributed by atoms with Crippen LogP contribution in [0.3, 0.4) is 0 Å². The van der Waals surface area contributed by atoms with Crippen molar-refractivity contribution >= 4 is 27.5 Å². The van der Waals surface area contributed by atoms with E-state index in [-0.39, 0.29) is 12.5 Å². The zero-order chi connectivity index (χ0) is 18.6. The second kappa shape index (κ2) is 7.54. The number of carbonyl (C=O) groups is 1. The van der Waals surface area contributed by atoms with Gasteiger partial charge in [-0.1, -0.05) is 60.7 Å². The fourth-order valence-electron chi connectivity index (χ4n) is 3.47. The van der Waals surface area contributed by atoms with Crippen LogP contribution >= 0.6 is 0 Å². The molecule has 0 heterocycles. The Labute approximate surface area is 153 Å². The first-order chi connectivity index (χ1) is 12.6. The highest BCUT2D eigenvalue weighted by Crippen LogP contribution is 2.29. The van der Waals surface area contributed by atoms with E-state index in [0.29, 0.717) is 18.4 Å². The lowest BCUT2D eigenvalue weighted by atomic mass is 9.90. The van der Waals surface area contributed by atoms with E-state index in [9.17, 15) is 9.90 Å². The highest BCUT2D eigenvalue weighted by Gasteiger charge is 2.30. The van der Waals surface area contributed by atoms with E-state index in [1.54, 1.807) is 12.2 Å². The first kappa shape index (κ1) is 17.9. The second-order valence-corrected chi connectivity index (χ2v) is 6.57. The molecule has 0 aromatic heterocycles. The van der Waals surface area contributed by atoms with Crippen molar-refractivity contribution in [2.45, 2.75) is 18.4 Å². The van der Waals surface area contributed by atoms with Crippen molar-refractivity contribution < 1.29 is 9.90 Å². The molecule has 0 radical (unpaired) electrons. The molecule has 0 spiro atoms. The van der Waals surface area contributed by atoms with Gasteiger partial charge in [0.1, 0.15) is 0 Å². The number of aliphatic hydroxyl groups is 1. The van der Waals surface area contributed by atoms with Gasteiger partial charge in [-0.05, 0) is 40.5 Å². The van der Waals surface area contributed by atoms with Crippen molar-refractivity contribution in [3.8, 4) is 0 Å². The highest BCUT2D eigenvalue weighted by atomic mass is 16.3. The third-order valence-electron chi connectivity index (χ3n) is 4.75. The predicted octanol–water partition coefficient (Wildman–Crippen LogP) is 4.61. The van der Waals surface area contributed by atoms with Crippen molar-refractivity contribution in [2.24, 2.45) is 0 Å². The maximum atomic E-state index is 13.3. The molecule has 0 bridgehead atoms. The Hall–Kier alpha value is -2.91. The van der Waals surface area contributed by atoms with E-state index in [1.807, 2.05) is 48.5 Å². The average molecular weight is 345 g/mol. The summed E-state index contributed by atoms with van der Waals surface area (Å²) in [5, 5.41) is 16.8. The maximum Gasteiger partial charge on any atom is 0.253 e. The summed E-state index contributed by atoms with van der Waals surface area (Å²) in [6.07, 6.45) is 4.34. The molecule has 0 saturated carbocycles. The summed E-state index contributed by atoms with van der Waals surface area (Å²) in [5.74, 6) is -0.198. The lowest BCUT2D eigenvalue weighted by Crippen LogP contribution is -2.50. The fourth-order valence-corrected chi connectivity index (χ4v) is 3.47. The van der Waals surface area contributed by atoms with Gasteiger partial charge in [0.05, 0.1) is 17.7 Å². The smallest absolute Gasteiger partial charge is 0.253 e. The van der Waals surface area contributed by atoms with Crippen LogP contribution in [-0.4, -0.2) is 23.2 Å². The Bertz CT molecular complexity index is 910. The fraction of sp³-hybridized carbons (Fsp3) is 0.174. The minimum atomic E-state index is -0.793. The zero-order valence-electron chi connectivity index (χ0n) is 14.7. The normalized spacial score (nSPS) is 11.4. The second-order valence-electron chi connectivity index (χ2n) is 6.57. The standard InChI is InChI=1S/C23H23NO2/c1-3-13-23(16-25,14-4-2)24-22(26)21-19-11-7-5-9-17(19)15-18-10-6-8-12-20(18)21/h3-12,15,25H,1-2,13-14,16H2,(H,24,26). The molecular formula is C23H23NO2. The predicted molar refractivity (Wildman–Crippen MR) is 108 cm³/mol. The van der Waals surface area contributed by atoms with E-state index in [0.717, 1.165) is 21.5 Å². The van der Waals surface area contributed by atoms with Crippen LogP contribution in [0.15, 0.2) is 79.9 Å². The van der Waals surface area contributed by atoms with Gasteiger partial charge in [-0.3, -0.25) is 4.79 Å². The Morgan fingerprint density at radius 3 is 1.92 bits per heavy atom. The number of carbonyl (C=O) groups excluding carboxylic acids is 1. The molecule has 0 aliphatic heterocycles. The monoisotopic (exact) mass is 345 g/mol. The molecule has 0 saturated heterocycles. The number of benzene rings is 3. The molecule has 3 aromatic carbocycles. The van der Waals surface area contributed by atoms with Gasteiger partial charge < -0.3 is 10.4 Å². The number of amides is 1. The Morgan fingerprint density at radius 2 is 1.46 bits per heavy atom. The molecule has 3 rings (SSSR count). The lowest BCUT2D eigenvalue weighted by Gasteiger charge is -2.31. The summed E-state index contributed by atoms with van der Waals surface area (Å²) in [7, 11) is 0. The summed E-state index contributed by atoms with van der Waals surface area (Å²) >= 11 is 0. The molecule has 0 fully saturated rings. The maximum absolute atomic E-state index is 13.3. The van der Waals surface area contributed by atoms with Crippen molar-refractivity contribution in [2.75, 3.05) is 6.61 Å². The molecule has 26 heavy (non-hydrogen) atoms. The van der Waals surface area contributed by atoms with Crippen LogP contribution in [0.1, 0.15) is 23.2 Å². The Morgan fingerprint density at radius 1 is 0.962 bits per heavy atom. The summed E-state index contributed by atoms with van der Waals surface area (Å²) in [6.45, 7) is 7.34. The van der Waals surface area contributed by atoms with Gasteiger partial charge in [-0.2, -0.15) is 0 Å². The third kappa shape index (κ3) is 3.26. The van der Waals surface area contributed by atoms with Gasteiger partial charge in [-0.25, -0.2) is 0 Å². The van der Waals surface area contributed by atoms with Crippen LogP contribution in [0.5, 0.6) is 0 Å². The van der Waals surface area contributed by atoms with Gasteiger partial charge in [0.15, 0.2) is 0 Å². The molecule has 0 atom stereocenters. The number of hydrogen-bond donors (Lipinski definition) is 2. The number of nitrogens with one attached hydrogen (secondary N) is 1. The molecular weight excluding hydrogens is 322 g/mol. The Kier molecular flexibility index (Phi) is 5.19. The summed E-state index contributed by atoms with van der Waals surface area (Å²) in [4.78, 5) is 13.3. The molecule has 0 aliphatic carbocycles. The Balaban J connectivity index is 2.17. The number of hydrogen-bond acceptors (Lipinski definition) is 2. The van der Waals surface area contributed by atoms with Crippen molar-refractivity contribution in [3.05, 3.63) is 85.5 Å². The molecule has 0 unspecified atom stereocenters. The molecule has 3 heteroatoms. The van der Waals surface area contributed by atoms with Gasteiger partial charge in [0, 0.05) is 0 Å². The minimum absolute atomic E-state index is 0.181. The quantitative estimate of drug-likeness (QED) is 0.485. The SMILES string of the molecule is C=CCC(CO)(CC=C)NC(=O)c1c2ccccc2cc2ccccc12. The molecule has 3 aromatic rings. The van der Waals surface area contributed by atoms with Gasteiger partial charge in [0.2, 0.25) is 0 Å². The van der Waals surface area contributed by atoms with Crippen LogP contribution < -0.4 is 5.32 Å². The zero-order valence-corrected chi connectivity index (χ0v) is 14.7. The molecule has 3 nitrogen and oxygen atoms in total. The van der Waals surface area contributed by atoms with E-state index in [1.165, 1.54) is 0 Å². The van der Waals surface area contributed by atoms with Gasteiger partial charge >= 0.3 is 0 Å². The highest BCUT2D eigenvalue weighted by molar-refractivity contribution is 6.18. The van der Waals surface area contributed by atoms with Gasteiger partial charge in [0.25, 0.3) is 5.91 Å². The van der Waals surface area contributed by atoms with Crippen LogP contribution in [0, 0.1) is 0 Å². The number of fused-ring (bicyclic) bond motifs is 2. The third-order valence-corrected chi connectivity index (χ3v) is 4.75. The molecule has 0 aliphatic rings. The van der Waals surface area contributed by atoms with Crippen LogP contribution in [0.2, 0.25) is 0 Å². The average Bonchev–Trinajstić information content (AvgIpc) is 2.66. The lowest BCUT2D eigenvalue weighted by molar-refractivity contribution is 0.0840. The van der Waals surface area contributed by atoms with E-state index < -0.39 is 5.54 Å². The van der Waals surface area contributed by atoms with Gasteiger partial charge in [-0.15, -0.1) is 13.2 Å². The van der Waals surface area contributed by atoms with Crippen molar-refractivity contribution in [3.63, 3.8) is 0 Å². The van der Waals surface area contributed by atoms with Crippen molar-refractivity contribution in [1.29, 1.82) is 0 Å². The largest absolute Gasteiger partial charge is 0.394 e. The van der Waals surface area contributed by atoms with Crippen LogP contribution in [0.25, 0.3) is 21.5 Å². The molecule has 1 amide bonds. The van der Waals surface area contributed by atoms with Crippen LogP contribution in [-0.2, 0) is 0 Å². The topological polar surface area (TPSA) is 49.3 Å². The van der Waals surface area contributed by atoms with Crippen molar-refractivity contribution in [1.82, 2.24) is 5.32 Å². The van der Waals surface area contributed by atoms with E-state index >= 15 is 0 Å². The number of rotatable bonds is 7.